The Morgan fingerprint density at radius 3 is 2.86 bits per heavy atom. The molecule has 0 aliphatic carbocycles. The van der Waals surface area contributed by atoms with Gasteiger partial charge in [0.15, 0.2) is 10.0 Å². The van der Waals surface area contributed by atoms with Crippen molar-refractivity contribution in [3.05, 3.63) is 71.6 Å². The van der Waals surface area contributed by atoms with E-state index in [0.717, 1.165) is 14.0 Å². The van der Waals surface area contributed by atoms with Crippen molar-refractivity contribution in [1.82, 2.24) is 9.55 Å². The van der Waals surface area contributed by atoms with Gasteiger partial charge in [0.25, 0.3) is 11.5 Å². The maximum absolute atomic E-state index is 13.3. The van der Waals surface area contributed by atoms with Crippen LogP contribution in [0.2, 0.25) is 4.47 Å². The van der Waals surface area contributed by atoms with E-state index in [1.807, 2.05) is 31.2 Å². The van der Waals surface area contributed by atoms with Crippen LogP contribution in [0, 0.1) is 10.5 Å². The standard InChI is InChI=1S/C20H15ClIN3O3S/c1-11-4-3-5-24-17(11)25(10-15-9-23-20(21)29-15)19(27)16(18(24)26)12-6-13(22)8-14(7-12)28-2/h3-9H,10H2,1-2H3/p+1. The van der Waals surface area contributed by atoms with Crippen LogP contribution in [-0.4, -0.2) is 21.8 Å². The van der Waals surface area contributed by atoms with Gasteiger partial charge in [-0.1, -0.05) is 11.6 Å². The van der Waals surface area contributed by atoms with Crippen LogP contribution in [0.3, 0.4) is 0 Å². The molecule has 6 nitrogen and oxygen atoms in total. The molecule has 0 amide bonds. The molecule has 0 aliphatic rings. The maximum Gasteiger partial charge on any atom is 0.354 e. The van der Waals surface area contributed by atoms with E-state index < -0.39 is 0 Å². The Hall–Kier alpha value is -2.17. The van der Waals surface area contributed by atoms with Crippen molar-refractivity contribution < 1.29 is 14.2 Å². The summed E-state index contributed by atoms with van der Waals surface area (Å²) in [5.74, 6) is 0.499. The average Bonchev–Trinajstić information content (AvgIpc) is 3.10. The number of pyridine rings is 1. The van der Waals surface area contributed by atoms with Crippen molar-refractivity contribution >= 4 is 51.2 Å². The monoisotopic (exact) mass is 540 g/mol. The first-order chi connectivity index (χ1) is 13.9. The maximum atomic E-state index is 13.3. The van der Waals surface area contributed by atoms with Gasteiger partial charge in [-0.05, 0) is 59.8 Å². The van der Waals surface area contributed by atoms with Gasteiger partial charge >= 0.3 is 5.56 Å². The molecule has 1 N–H and O–H groups in total. The molecule has 0 bridgehead atoms. The van der Waals surface area contributed by atoms with Gasteiger partial charge in [-0.15, -0.1) is 11.3 Å². The van der Waals surface area contributed by atoms with Crippen molar-refractivity contribution in [2.75, 3.05) is 7.11 Å². The summed E-state index contributed by atoms with van der Waals surface area (Å²) in [5, 5.41) is 11.2. The molecule has 4 rings (SSSR count). The van der Waals surface area contributed by atoms with Crippen molar-refractivity contribution in [2.45, 2.75) is 13.5 Å². The molecule has 0 radical (unpaired) electrons. The fraction of sp³-hybridized carbons (Fsp3) is 0.150. The van der Waals surface area contributed by atoms with E-state index in [4.69, 9.17) is 16.3 Å². The second-order valence-electron chi connectivity index (χ2n) is 6.43. The predicted octanol–water partition coefficient (Wildman–Crippen LogP) is 4.04. The van der Waals surface area contributed by atoms with Gasteiger partial charge in [0, 0.05) is 20.9 Å². The molecule has 148 valence electrons. The fourth-order valence-corrected chi connectivity index (χ4v) is 4.92. The third-order valence-corrected chi connectivity index (χ3v) is 6.29. The van der Waals surface area contributed by atoms with Crippen LogP contribution in [0.15, 0.2) is 47.5 Å². The molecule has 0 spiro atoms. The minimum absolute atomic E-state index is 0.113. The highest BCUT2D eigenvalue weighted by molar-refractivity contribution is 14.1. The molecule has 0 aliphatic heterocycles. The van der Waals surface area contributed by atoms with Crippen molar-refractivity contribution in [3.8, 4) is 22.8 Å². The highest BCUT2D eigenvalue weighted by atomic mass is 127. The minimum atomic E-state index is -0.302. The Labute approximate surface area is 189 Å². The molecular weight excluding hydrogens is 525 g/mol. The van der Waals surface area contributed by atoms with E-state index >= 15 is 0 Å². The van der Waals surface area contributed by atoms with Crippen LogP contribution < -0.4 is 14.7 Å². The van der Waals surface area contributed by atoms with Crippen LogP contribution >= 0.6 is 45.5 Å². The number of ether oxygens (including phenoxy) is 1. The SMILES string of the molecule is COc1cc(I)cc(-c2c(O)n(Cc3cnc(Cl)s3)c3c(C)ccc[n+]3c2=O)c1. The number of benzene rings is 1. The van der Waals surface area contributed by atoms with Crippen LogP contribution in [0.25, 0.3) is 16.8 Å². The van der Waals surface area contributed by atoms with E-state index in [2.05, 4.69) is 27.6 Å². The second-order valence-corrected chi connectivity index (χ2v) is 9.38. The minimum Gasteiger partial charge on any atom is -0.497 e. The third kappa shape index (κ3) is 3.72. The van der Waals surface area contributed by atoms with Gasteiger partial charge in [0.05, 0.1) is 18.2 Å². The van der Waals surface area contributed by atoms with E-state index in [1.54, 1.807) is 34.5 Å². The zero-order valence-corrected chi connectivity index (χ0v) is 19.2. The van der Waals surface area contributed by atoms with Gasteiger partial charge in [-0.25, -0.2) is 9.78 Å². The van der Waals surface area contributed by atoms with Gasteiger partial charge in [0.1, 0.15) is 12.3 Å². The summed E-state index contributed by atoms with van der Waals surface area (Å²) in [5.41, 5.74) is 1.97. The molecule has 0 saturated heterocycles. The molecule has 0 fully saturated rings. The van der Waals surface area contributed by atoms with Crippen molar-refractivity contribution in [2.24, 2.45) is 0 Å². The molecule has 9 heteroatoms. The first-order valence-electron chi connectivity index (χ1n) is 8.61. The van der Waals surface area contributed by atoms with E-state index in [1.165, 1.54) is 11.3 Å². The lowest BCUT2D eigenvalue weighted by Gasteiger charge is -2.11. The summed E-state index contributed by atoms with van der Waals surface area (Å²) in [6.45, 7) is 2.23. The number of rotatable bonds is 4. The summed E-state index contributed by atoms with van der Waals surface area (Å²) in [6, 6.07) is 9.16. The van der Waals surface area contributed by atoms with E-state index in [-0.39, 0.29) is 17.0 Å². The van der Waals surface area contributed by atoms with Gasteiger partial charge in [-0.2, -0.15) is 8.97 Å². The number of aromatic hydroxyl groups is 1. The van der Waals surface area contributed by atoms with Crippen molar-refractivity contribution in [3.63, 3.8) is 0 Å². The quantitative estimate of drug-likeness (QED) is 0.313. The lowest BCUT2D eigenvalue weighted by molar-refractivity contribution is -0.532. The lowest BCUT2D eigenvalue weighted by atomic mass is 10.1. The molecule has 29 heavy (non-hydrogen) atoms. The van der Waals surface area contributed by atoms with E-state index in [9.17, 15) is 9.90 Å². The highest BCUT2D eigenvalue weighted by Gasteiger charge is 2.27. The molecule has 3 heterocycles. The fourth-order valence-electron chi connectivity index (χ4n) is 3.31. The Morgan fingerprint density at radius 1 is 1.38 bits per heavy atom. The summed E-state index contributed by atoms with van der Waals surface area (Å²) in [6.07, 6.45) is 3.38. The Kier molecular flexibility index (Phi) is 5.50. The summed E-state index contributed by atoms with van der Waals surface area (Å²) < 4.78 is 9.94. The normalized spacial score (nSPS) is 11.2. The second kappa shape index (κ2) is 7.92. The number of hydrogen-bond donors (Lipinski definition) is 1. The summed E-state index contributed by atoms with van der Waals surface area (Å²) in [4.78, 5) is 18.3. The number of aryl methyl sites for hydroxylation is 1. The molecular formula is C20H16ClIN3O3S+. The molecule has 0 unspecified atom stereocenters. The molecule has 4 aromatic rings. The highest BCUT2D eigenvalue weighted by Crippen LogP contribution is 2.32. The average molecular weight is 541 g/mol. The number of methoxy groups -OCH3 is 1. The van der Waals surface area contributed by atoms with Gasteiger partial charge in [0.2, 0.25) is 0 Å². The van der Waals surface area contributed by atoms with Crippen LogP contribution in [0.5, 0.6) is 11.6 Å². The number of aromatic nitrogens is 3. The van der Waals surface area contributed by atoms with E-state index in [0.29, 0.717) is 28.0 Å². The first-order valence-corrected chi connectivity index (χ1v) is 10.9. The van der Waals surface area contributed by atoms with Crippen LogP contribution in [-0.2, 0) is 6.54 Å². The molecule has 3 aromatic heterocycles. The zero-order valence-electron chi connectivity index (χ0n) is 15.5. The number of hydrogen-bond acceptors (Lipinski definition) is 5. The topological polar surface area (TPSA) is 68.5 Å². The van der Waals surface area contributed by atoms with Gasteiger partial charge in [-0.3, -0.25) is 0 Å². The number of nitrogens with zero attached hydrogens (tertiary/aromatic N) is 3. The Balaban J connectivity index is 2.06. The van der Waals surface area contributed by atoms with Crippen LogP contribution in [0.4, 0.5) is 0 Å². The molecule has 0 saturated carbocycles. The zero-order chi connectivity index (χ0) is 20.7. The summed E-state index contributed by atoms with van der Waals surface area (Å²) in [7, 11) is 1.57. The number of thiazole rings is 1. The Bertz CT molecular complexity index is 1300. The summed E-state index contributed by atoms with van der Waals surface area (Å²) >= 11 is 9.48. The lowest BCUT2D eigenvalue weighted by Crippen LogP contribution is -2.44. The smallest absolute Gasteiger partial charge is 0.354 e. The number of halogens is 2. The Morgan fingerprint density at radius 2 is 2.17 bits per heavy atom. The van der Waals surface area contributed by atoms with Gasteiger partial charge < -0.3 is 9.84 Å². The molecule has 0 atom stereocenters. The third-order valence-electron chi connectivity index (χ3n) is 4.56. The molecule has 1 aromatic carbocycles. The first kappa shape index (κ1) is 20.1. The van der Waals surface area contributed by atoms with Crippen LogP contribution in [0.1, 0.15) is 10.4 Å². The number of fused-ring (bicyclic) bond motifs is 1. The largest absolute Gasteiger partial charge is 0.497 e. The predicted molar refractivity (Wildman–Crippen MR) is 121 cm³/mol. The van der Waals surface area contributed by atoms with Crippen molar-refractivity contribution in [1.29, 1.82) is 0 Å².